The van der Waals surface area contributed by atoms with E-state index in [1.54, 1.807) is 36.4 Å². The molecule has 2 N–H and O–H groups in total. The maximum Gasteiger partial charge on any atom is 0.337 e. The molecule has 136 valence electrons. The highest BCUT2D eigenvalue weighted by atomic mass is 19.1. The first-order valence-corrected chi connectivity index (χ1v) is 8.02. The topological polar surface area (TPSA) is 80.3 Å². The average molecular weight is 365 g/mol. The third-order valence-electron chi connectivity index (χ3n) is 3.66. The molecule has 0 radical (unpaired) electrons. The summed E-state index contributed by atoms with van der Waals surface area (Å²) in [4.78, 5) is 28.1. The number of benzene rings is 2. The number of carbonyl (C=O) groups excluding carboxylic acids is 2. The van der Waals surface area contributed by atoms with Crippen LogP contribution in [0.1, 0.15) is 20.7 Å². The molecule has 0 atom stereocenters. The second-order valence-corrected chi connectivity index (χ2v) is 5.62. The minimum Gasteiger partial charge on any atom is -0.465 e. The number of ether oxygens (including phenoxy) is 1. The summed E-state index contributed by atoms with van der Waals surface area (Å²) in [7, 11) is 1.29. The van der Waals surface area contributed by atoms with Crippen LogP contribution in [0.15, 0.2) is 67.0 Å². The first-order valence-electron chi connectivity index (χ1n) is 8.02. The molecular weight excluding hydrogens is 349 g/mol. The molecule has 0 aliphatic rings. The van der Waals surface area contributed by atoms with E-state index in [1.165, 1.54) is 37.7 Å². The van der Waals surface area contributed by atoms with Gasteiger partial charge in [-0.05, 0) is 42.5 Å². The lowest BCUT2D eigenvalue weighted by molar-refractivity contribution is 0.0600. The fraction of sp³-hybridized carbons (Fsp3) is 0.0500. The monoisotopic (exact) mass is 365 g/mol. The van der Waals surface area contributed by atoms with Crippen LogP contribution in [0.25, 0.3) is 0 Å². The molecule has 6 nitrogen and oxygen atoms in total. The van der Waals surface area contributed by atoms with Gasteiger partial charge in [-0.2, -0.15) is 0 Å². The molecule has 0 unspecified atom stereocenters. The Morgan fingerprint density at radius 2 is 1.67 bits per heavy atom. The van der Waals surface area contributed by atoms with Gasteiger partial charge >= 0.3 is 5.97 Å². The molecule has 0 spiro atoms. The molecule has 3 rings (SSSR count). The summed E-state index contributed by atoms with van der Waals surface area (Å²) in [6.45, 7) is 0. The van der Waals surface area contributed by atoms with Crippen LogP contribution >= 0.6 is 0 Å². The molecule has 2 aromatic carbocycles. The first-order chi connectivity index (χ1) is 13.0. The Bertz CT molecular complexity index is 991. The van der Waals surface area contributed by atoms with Crippen LogP contribution in [0.4, 0.5) is 21.5 Å². The van der Waals surface area contributed by atoms with E-state index < -0.39 is 11.9 Å². The summed E-state index contributed by atoms with van der Waals surface area (Å²) in [5.41, 5.74) is 2.16. The molecule has 0 bridgehead atoms. The Balaban J connectivity index is 1.75. The van der Waals surface area contributed by atoms with E-state index in [2.05, 4.69) is 20.4 Å². The van der Waals surface area contributed by atoms with Crippen LogP contribution in [0.3, 0.4) is 0 Å². The minimum absolute atomic E-state index is 0.305. The average Bonchev–Trinajstić information content (AvgIpc) is 2.68. The SMILES string of the molecule is COC(=O)c1cccc(NC(=O)c2cncc(Nc3cccc(F)c3)c2)c1. The lowest BCUT2D eigenvalue weighted by Crippen LogP contribution is -2.13. The van der Waals surface area contributed by atoms with Crippen molar-refractivity contribution in [1.82, 2.24) is 4.98 Å². The quantitative estimate of drug-likeness (QED) is 0.668. The van der Waals surface area contributed by atoms with Gasteiger partial charge < -0.3 is 15.4 Å². The number of rotatable bonds is 5. The number of nitrogens with zero attached hydrogens (tertiary/aromatic N) is 1. The zero-order chi connectivity index (χ0) is 19.2. The Morgan fingerprint density at radius 1 is 0.926 bits per heavy atom. The van der Waals surface area contributed by atoms with Gasteiger partial charge in [-0.3, -0.25) is 9.78 Å². The van der Waals surface area contributed by atoms with Gasteiger partial charge in [-0.15, -0.1) is 0 Å². The molecule has 0 saturated carbocycles. The lowest BCUT2D eigenvalue weighted by atomic mass is 10.2. The summed E-state index contributed by atoms with van der Waals surface area (Å²) in [6, 6.07) is 14.0. The lowest BCUT2D eigenvalue weighted by Gasteiger charge is -2.09. The van der Waals surface area contributed by atoms with Gasteiger partial charge in [0, 0.05) is 17.6 Å². The number of hydrogen-bond acceptors (Lipinski definition) is 5. The number of pyridine rings is 1. The van der Waals surface area contributed by atoms with Gasteiger partial charge in [-0.1, -0.05) is 12.1 Å². The summed E-state index contributed by atoms with van der Waals surface area (Å²) in [5.74, 6) is -1.26. The van der Waals surface area contributed by atoms with Crippen molar-refractivity contribution >= 4 is 28.9 Å². The maximum atomic E-state index is 13.3. The Kier molecular flexibility index (Phi) is 5.41. The first kappa shape index (κ1) is 18.1. The van der Waals surface area contributed by atoms with Crippen LogP contribution in [0.2, 0.25) is 0 Å². The summed E-state index contributed by atoms with van der Waals surface area (Å²) >= 11 is 0. The van der Waals surface area contributed by atoms with Crippen LogP contribution in [0, 0.1) is 5.82 Å². The van der Waals surface area contributed by atoms with Crippen molar-refractivity contribution in [1.29, 1.82) is 0 Å². The molecular formula is C20H16FN3O3. The molecule has 3 aromatic rings. The van der Waals surface area contributed by atoms with Crippen molar-refractivity contribution in [2.45, 2.75) is 0 Å². The standard InChI is InChI=1S/C20H16FN3O3/c1-27-20(26)13-4-2-6-16(8-13)24-19(25)14-9-18(12-22-11-14)23-17-7-3-5-15(21)10-17/h2-12,23H,1H3,(H,24,25). The largest absolute Gasteiger partial charge is 0.465 e. The maximum absolute atomic E-state index is 13.3. The summed E-state index contributed by atoms with van der Waals surface area (Å²) < 4.78 is 17.9. The molecule has 0 aliphatic heterocycles. The van der Waals surface area contributed by atoms with Crippen LogP contribution in [-0.4, -0.2) is 24.0 Å². The number of amides is 1. The van der Waals surface area contributed by atoms with Crippen molar-refractivity contribution in [3.63, 3.8) is 0 Å². The predicted molar refractivity (Wildman–Crippen MR) is 99.7 cm³/mol. The molecule has 0 saturated heterocycles. The van der Waals surface area contributed by atoms with E-state index in [0.717, 1.165) is 0 Å². The van der Waals surface area contributed by atoms with E-state index in [0.29, 0.717) is 28.2 Å². The fourth-order valence-electron chi connectivity index (χ4n) is 2.41. The Labute approximate surface area is 155 Å². The minimum atomic E-state index is -0.492. The number of carbonyl (C=O) groups is 2. The van der Waals surface area contributed by atoms with E-state index >= 15 is 0 Å². The van der Waals surface area contributed by atoms with Gasteiger partial charge in [0.1, 0.15) is 5.82 Å². The number of esters is 1. The summed E-state index contributed by atoms with van der Waals surface area (Å²) in [5, 5.41) is 5.70. The molecule has 1 amide bonds. The van der Waals surface area contributed by atoms with Crippen molar-refractivity contribution < 1.29 is 18.7 Å². The molecule has 0 fully saturated rings. The van der Waals surface area contributed by atoms with Gasteiger partial charge in [0.25, 0.3) is 5.91 Å². The number of methoxy groups -OCH3 is 1. The molecule has 0 aliphatic carbocycles. The van der Waals surface area contributed by atoms with Gasteiger partial charge in [-0.25, -0.2) is 9.18 Å². The van der Waals surface area contributed by atoms with E-state index in [9.17, 15) is 14.0 Å². The van der Waals surface area contributed by atoms with Crippen molar-refractivity contribution in [3.05, 3.63) is 83.9 Å². The van der Waals surface area contributed by atoms with E-state index in [4.69, 9.17) is 0 Å². The van der Waals surface area contributed by atoms with Crippen molar-refractivity contribution in [2.75, 3.05) is 17.7 Å². The molecule has 1 heterocycles. The highest BCUT2D eigenvalue weighted by Crippen LogP contribution is 2.19. The number of halogens is 1. The van der Waals surface area contributed by atoms with Gasteiger partial charge in [0.15, 0.2) is 0 Å². The van der Waals surface area contributed by atoms with E-state index in [1.807, 2.05) is 0 Å². The van der Waals surface area contributed by atoms with Crippen LogP contribution < -0.4 is 10.6 Å². The smallest absolute Gasteiger partial charge is 0.337 e. The number of hydrogen-bond donors (Lipinski definition) is 2. The highest BCUT2D eigenvalue weighted by molar-refractivity contribution is 6.05. The van der Waals surface area contributed by atoms with Gasteiger partial charge in [0.2, 0.25) is 0 Å². The highest BCUT2D eigenvalue weighted by Gasteiger charge is 2.10. The normalized spacial score (nSPS) is 10.1. The predicted octanol–water partition coefficient (Wildman–Crippen LogP) is 4.00. The third-order valence-corrected chi connectivity index (χ3v) is 3.66. The Hall–Kier alpha value is -3.74. The zero-order valence-electron chi connectivity index (χ0n) is 14.4. The third kappa shape index (κ3) is 4.66. The van der Waals surface area contributed by atoms with Crippen molar-refractivity contribution in [2.24, 2.45) is 0 Å². The second kappa shape index (κ2) is 8.09. The fourth-order valence-corrected chi connectivity index (χ4v) is 2.41. The second-order valence-electron chi connectivity index (χ2n) is 5.62. The van der Waals surface area contributed by atoms with Crippen LogP contribution in [0.5, 0.6) is 0 Å². The van der Waals surface area contributed by atoms with E-state index in [-0.39, 0.29) is 5.82 Å². The molecule has 7 heteroatoms. The molecule has 27 heavy (non-hydrogen) atoms. The summed E-state index contributed by atoms with van der Waals surface area (Å²) in [6.07, 6.45) is 2.94. The number of aromatic nitrogens is 1. The van der Waals surface area contributed by atoms with Gasteiger partial charge in [0.05, 0.1) is 30.1 Å². The number of anilines is 3. The molecule has 1 aromatic heterocycles. The van der Waals surface area contributed by atoms with Crippen LogP contribution in [-0.2, 0) is 4.74 Å². The van der Waals surface area contributed by atoms with Crippen molar-refractivity contribution in [3.8, 4) is 0 Å². The number of nitrogens with one attached hydrogen (secondary N) is 2. The Morgan fingerprint density at radius 3 is 2.44 bits per heavy atom. The zero-order valence-corrected chi connectivity index (χ0v) is 14.4.